The Hall–Kier alpha value is -1.64. The summed E-state index contributed by atoms with van der Waals surface area (Å²) in [7, 11) is 0. The van der Waals surface area contributed by atoms with Crippen molar-refractivity contribution < 1.29 is 9.47 Å². The van der Waals surface area contributed by atoms with Gasteiger partial charge in [0.1, 0.15) is 12.2 Å². The number of epoxide rings is 1. The molecule has 1 saturated heterocycles. The summed E-state index contributed by atoms with van der Waals surface area (Å²) >= 11 is 0. The van der Waals surface area contributed by atoms with Crippen LogP contribution in [0.4, 0.5) is 0 Å². The highest BCUT2D eigenvalue weighted by atomic mass is 16.6. The van der Waals surface area contributed by atoms with Crippen LogP contribution in [-0.4, -0.2) is 12.7 Å². The Bertz CT molecular complexity index is 481. The Kier molecular flexibility index (Phi) is 3.40. The molecule has 2 aromatic rings. The lowest BCUT2D eigenvalue weighted by Crippen LogP contribution is -2.02. The maximum absolute atomic E-state index is 5.67. The molecule has 1 aliphatic rings. The van der Waals surface area contributed by atoms with E-state index in [-0.39, 0.29) is 12.2 Å². The first-order chi connectivity index (χ1) is 8.93. The van der Waals surface area contributed by atoms with Crippen LogP contribution in [0, 0.1) is 0 Å². The van der Waals surface area contributed by atoms with Gasteiger partial charge in [0.2, 0.25) is 0 Å². The SMILES string of the molecule is c1ccc(COCC2OC2c2ccccc2)cc1. The van der Waals surface area contributed by atoms with Crippen LogP contribution >= 0.6 is 0 Å². The molecule has 0 N–H and O–H groups in total. The lowest BCUT2D eigenvalue weighted by Gasteiger charge is -2.01. The third kappa shape index (κ3) is 2.78. The highest BCUT2D eigenvalue weighted by Gasteiger charge is 2.39. The zero-order chi connectivity index (χ0) is 12.2. The predicted octanol–water partition coefficient (Wildman–Crippen LogP) is 3.34. The molecule has 1 aliphatic heterocycles. The van der Waals surface area contributed by atoms with Crippen molar-refractivity contribution in [2.75, 3.05) is 6.61 Å². The van der Waals surface area contributed by atoms with E-state index in [2.05, 4.69) is 24.3 Å². The molecule has 2 atom stereocenters. The van der Waals surface area contributed by atoms with Gasteiger partial charge >= 0.3 is 0 Å². The summed E-state index contributed by atoms with van der Waals surface area (Å²) in [6.07, 6.45) is 0.443. The maximum Gasteiger partial charge on any atom is 0.112 e. The fourth-order valence-corrected chi connectivity index (χ4v) is 2.07. The molecule has 2 heteroatoms. The molecule has 0 bridgehead atoms. The van der Waals surface area contributed by atoms with Gasteiger partial charge in [-0.05, 0) is 11.1 Å². The fourth-order valence-electron chi connectivity index (χ4n) is 2.07. The van der Waals surface area contributed by atoms with Crippen LogP contribution in [0.3, 0.4) is 0 Å². The number of rotatable bonds is 5. The second kappa shape index (κ2) is 5.34. The first kappa shape index (κ1) is 11.5. The topological polar surface area (TPSA) is 21.8 Å². The van der Waals surface area contributed by atoms with E-state index in [9.17, 15) is 0 Å². The maximum atomic E-state index is 5.67. The Labute approximate surface area is 107 Å². The third-order valence-corrected chi connectivity index (χ3v) is 3.10. The lowest BCUT2D eigenvalue weighted by molar-refractivity contribution is 0.104. The minimum Gasteiger partial charge on any atom is -0.374 e. The Morgan fingerprint density at radius 3 is 2.28 bits per heavy atom. The lowest BCUT2D eigenvalue weighted by atomic mass is 10.1. The monoisotopic (exact) mass is 240 g/mol. The molecule has 0 saturated carbocycles. The van der Waals surface area contributed by atoms with Gasteiger partial charge < -0.3 is 9.47 Å². The van der Waals surface area contributed by atoms with Crippen LogP contribution < -0.4 is 0 Å². The molecule has 0 spiro atoms. The zero-order valence-electron chi connectivity index (χ0n) is 10.2. The van der Waals surface area contributed by atoms with Gasteiger partial charge in [0.05, 0.1) is 13.2 Å². The molecule has 0 aromatic heterocycles. The molecule has 0 radical (unpaired) electrons. The van der Waals surface area contributed by atoms with E-state index in [0.717, 1.165) is 0 Å². The number of hydrogen-bond acceptors (Lipinski definition) is 2. The number of benzene rings is 2. The summed E-state index contributed by atoms with van der Waals surface area (Å²) < 4.78 is 11.3. The molecule has 1 heterocycles. The van der Waals surface area contributed by atoms with Crippen molar-refractivity contribution >= 4 is 0 Å². The average molecular weight is 240 g/mol. The first-order valence-corrected chi connectivity index (χ1v) is 6.25. The standard InChI is InChI=1S/C16H16O2/c1-3-7-13(8-4-1)11-17-12-15-16(18-15)14-9-5-2-6-10-14/h1-10,15-16H,11-12H2. The number of hydrogen-bond donors (Lipinski definition) is 0. The molecule has 2 nitrogen and oxygen atoms in total. The van der Waals surface area contributed by atoms with Gasteiger partial charge in [0, 0.05) is 0 Å². The molecule has 18 heavy (non-hydrogen) atoms. The molecule has 92 valence electrons. The van der Waals surface area contributed by atoms with Gasteiger partial charge in [0.15, 0.2) is 0 Å². The summed E-state index contributed by atoms with van der Waals surface area (Å²) in [5.74, 6) is 0. The van der Waals surface area contributed by atoms with Gasteiger partial charge in [-0.3, -0.25) is 0 Å². The highest BCUT2D eigenvalue weighted by molar-refractivity contribution is 5.22. The van der Waals surface area contributed by atoms with E-state index in [0.29, 0.717) is 13.2 Å². The van der Waals surface area contributed by atoms with Crippen LogP contribution in [0.25, 0.3) is 0 Å². The molecule has 2 unspecified atom stereocenters. The van der Waals surface area contributed by atoms with Crippen LogP contribution in [0.5, 0.6) is 0 Å². The summed E-state index contributed by atoms with van der Waals surface area (Å²) in [6.45, 7) is 1.32. The molecular weight excluding hydrogens is 224 g/mol. The fraction of sp³-hybridized carbons (Fsp3) is 0.250. The Morgan fingerprint density at radius 1 is 0.889 bits per heavy atom. The minimum absolute atomic E-state index is 0.219. The first-order valence-electron chi connectivity index (χ1n) is 6.25. The van der Waals surface area contributed by atoms with E-state index in [4.69, 9.17) is 9.47 Å². The van der Waals surface area contributed by atoms with Gasteiger partial charge in [-0.25, -0.2) is 0 Å². The van der Waals surface area contributed by atoms with Crippen molar-refractivity contribution in [2.24, 2.45) is 0 Å². The second-order valence-electron chi connectivity index (χ2n) is 4.51. The van der Waals surface area contributed by atoms with Crippen molar-refractivity contribution in [3.63, 3.8) is 0 Å². The van der Waals surface area contributed by atoms with Gasteiger partial charge in [0.25, 0.3) is 0 Å². The average Bonchev–Trinajstić information content (AvgIpc) is 3.21. The number of ether oxygens (including phenoxy) is 2. The van der Waals surface area contributed by atoms with Crippen molar-refractivity contribution in [1.29, 1.82) is 0 Å². The summed E-state index contributed by atoms with van der Waals surface area (Å²) in [4.78, 5) is 0. The molecule has 0 amide bonds. The van der Waals surface area contributed by atoms with Crippen molar-refractivity contribution in [3.8, 4) is 0 Å². The van der Waals surface area contributed by atoms with Gasteiger partial charge in [-0.2, -0.15) is 0 Å². The van der Waals surface area contributed by atoms with E-state index in [1.54, 1.807) is 0 Å². The predicted molar refractivity (Wildman–Crippen MR) is 70.2 cm³/mol. The minimum atomic E-state index is 0.219. The van der Waals surface area contributed by atoms with Crippen molar-refractivity contribution in [2.45, 2.75) is 18.8 Å². The van der Waals surface area contributed by atoms with Crippen LogP contribution in [0.15, 0.2) is 60.7 Å². The highest BCUT2D eigenvalue weighted by Crippen LogP contribution is 2.38. The van der Waals surface area contributed by atoms with Crippen molar-refractivity contribution in [3.05, 3.63) is 71.8 Å². The van der Waals surface area contributed by atoms with Crippen LogP contribution in [0.2, 0.25) is 0 Å². The largest absolute Gasteiger partial charge is 0.374 e. The van der Waals surface area contributed by atoms with Crippen molar-refractivity contribution in [1.82, 2.24) is 0 Å². The van der Waals surface area contributed by atoms with Gasteiger partial charge in [-0.15, -0.1) is 0 Å². The van der Waals surface area contributed by atoms with E-state index < -0.39 is 0 Å². The quantitative estimate of drug-likeness (QED) is 0.748. The zero-order valence-corrected chi connectivity index (χ0v) is 10.2. The smallest absolute Gasteiger partial charge is 0.112 e. The third-order valence-electron chi connectivity index (χ3n) is 3.10. The summed E-state index contributed by atoms with van der Waals surface area (Å²) in [5.41, 5.74) is 2.44. The Balaban J connectivity index is 1.44. The van der Waals surface area contributed by atoms with Crippen LogP contribution in [-0.2, 0) is 16.1 Å². The normalized spacial score (nSPS) is 21.8. The second-order valence-corrected chi connectivity index (χ2v) is 4.51. The van der Waals surface area contributed by atoms with E-state index in [1.807, 2.05) is 36.4 Å². The van der Waals surface area contributed by atoms with Crippen LogP contribution in [0.1, 0.15) is 17.2 Å². The summed E-state index contributed by atoms with van der Waals surface area (Å²) in [6, 6.07) is 20.5. The molecule has 0 aliphatic carbocycles. The summed E-state index contributed by atoms with van der Waals surface area (Å²) in [5, 5.41) is 0. The van der Waals surface area contributed by atoms with E-state index in [1.165, 1.54) is 11.1 Å². The Morgan fingerprint density at radius 2 is 1.56 bits per heavy atom. The molecular formula is C16H16O2. The molecule has 2 aromatic carbocycles. The van der Waals surface area contributed by atoms with E-state index >= 15 is 0 Å². The van der Waals surface area contributed by atoms with Gasteiger partial charge in [-0.1, -0.05) is 60.7 Å². The molecule has 3 rings (SSSR count). The molecule has 1 fully saturated rings.